The molecule has 0 bridgehead atoms. The zero-order valence-corrected chi connectivity index (χ0v) is 8.54. The second kappa shape index (κ2) is 5.91. The molecule has 1 N–H and O–H groups in total. The number of hydrogen-bond acceptors (Lipinski definition) is 4. The van der Waals surface area contributed by atoms with Crippen molar-refractivity contribution in [1.29, 1.82) is 0 Å². The third-order valence-corrected chi connectivity index (χ3v) is 2.50. The van der Waals surface area contributed by atoms with Crippen molar-refractivity contribution < 1.29 is 22.4 Å². The molecule has 1 aromatic carbocycles. The number of rotatable bonds is 3. The fourth-order valence-corrected chi connectivity index (χ4v) is 1.47. The van der Waals surface area contributed by atoms with E-state index in [1.165, 1.54) is 32.4 Å². The second-order valence-corrected chi connectivity index (χ2v) is 3.91. The Morgan fingerprint density at radius 1 is 1.13 bits per heavy atom. The van der Waals surface area contributed by atoms with Crippen LogP contribution < -0.4 is 9.47 Å². The molecule has 0 aromatic heterocycles. The van der Waals surface area contributed by atoms with E-state index in [-0.39, 0.29) is 48.4 Å². The van der Waals surface area contributed by atoms with E-state index in [2.05, 4.69) is 0 Å². The van der Waals surface area contributed by atoms with Crippen LogP contribution in [0.1, 0.15) is 0 Å². The van der Waals surface area contributed by atoms with E-state index >= 15 is 0 Å². The third-order valence-electron chi connectivity index (χ3n) is 1.65. The normalized spacial score (nSPS) is 10.3. The Bertz CT molecular complexity index is 429. The quantitative estimate of drug-likeness (QED) is 0.613. The van der Waals surface area contributed by atoms with E-state index < -0.39 is 10.1 Å². The first-order valence-corrected chi connectivity index (χ1v) is 5.12. The maximum absolute atomic E-state index is 10.8. The first-order valence-electron chi connectivity index (χ1n) is 3.68. The third kappa shape index (κ3) is 3.81. The standard InChI is InChI=1S/C8H10O5S.Ca.2H/c1-12-7-4-3-6(14(9,10)11)5-8(7)13-2;;;/h3-5H,1-2H3,(H,9,10,11);;;. The van der Waals surface area contributed by atoms with Gasteiger partial charge in [0.25, 0.3) is 10.1 Å². The van der Waals surface area contributed by atoms with Gasteiger partial charge in [-0.2, -0.15) is 8.42 Å². The Morgan fingerprint density at radius 2 is 1.67 bits per heavy atom. The number of methoxy groups -OCH3 is 2. The topological polar surface area (TPSA) is 72.8 Å². The van der Waals surface area contributed by atoms with E-state index in [0.29, 0.717) is 5.75 Å². The number of ether oxygens (including phenoxy) is 2. The van der Waals surface area contributed by atoms with Gasteiger partial charge in [0.2, 0.25) is 0 Å². The summed E-state index contributed by atoms with van der Waals surface area (Å²) in [6, 6.07) is 3.83. The van der Waals surface area contributed by atoms with Crippen LogP contribution in [-0.4, -0.2) is 64.9 Å². The summed E-state index contributed by atoms with van der Waals surface area (Å²) in [6.07, 6.45) is 0. The summed E-state index contributed by atoms with van der Waals surface area (Å²) in [6.45, 7) is 0. The van der Waals surface area contributed by atoms with Crippen molar-refractivity contribution in [2.75, 3.05) is 14.2 Å². The molecule has 15 heavy (non-hydrogen) atoms. The summed E-state index contributed by atoms with van der Waals surface area (Å²) in [5.41, 5.74) is 0. The molecule has 0 spiro atoms. The minimum absolute atomic E-state index is 0. The van der Waals surface area contributed by atoms with E-state index in [1.807, 2.05) is 0 Å². The first kappa shape index (κ1) is 15.0. The van der Waals surface area contributed by atoms with Crippen molar-refractivity contribution in [1.82, 2.24) is 0 Å². The Labute approximate surface area is 118 Å². The predicted octanol–water partition coefficient (Wildman–Crippen LogP) is 0.0343. The predicted molar refractivity (Wildman–Crippen MR) is 57.9 cm³/mol. The van der Waals surface area contributed by atoms with Crippen LogP contribution in [-0.2, 0) is 10.1 Å². The summed E-state index contributed by atoms with van der Waals surface area (Å²) in [4.78, 5) is -0.227. The second-order valence-electron chi connectivity index (χ2n) is 2.49. The minimum atomic E-state index is -4.20. The molecule has 7 heteroatoms. The van der Waals surface area contributed by atoms with Gasteiger partial charge in [-0.05, 0) is 12.1 Å². The van der Waals surface area contributed by atoms with Crippen LogP contribution in [0.25, 0.3) is 0 Å². The molecular weight excluding hydrogens is 248 g/mol. The van der Waals surface area contributed by atoms with E-state index in [4.69, 9.17) is 14.0 Å². The molecule has 1 aromatic rings. The summed E-state index contributed by atoms with van der Waals surface area (Å²) < 4.78 is 40.0. The molecular formula is C8H12CaO5S. The Morgan fingerprint density at radius 3 is 2.07 bits per heavy atom. The molecule has 0 fully saturated rings. The monoisotopic (exact) mass is 260 g/mol. The van der Waals surface area contributed by atoms with E-state index in [1.54, 1.807) is 0 Å². The molecule has 1 rings (SSSR count). The maximum atomic E-state index is 10.8. The van der Waals surface area contributed by atoms with Crippen LogP contribution in [0.3, 0.4) is 0 Å². The first-order chi connectivity index (χ1) is 6.49. The average Bonchev–Trinajstić information content (AvgIpc) is 2.15. The number of benzene rings is 1. The van der Waals surface area contributed by atoms with E-state index in [9.17, 15) is 8.42 Å². The molecule has 0 aliphatic rings. The molecule has 0 saturated carbocycles. The van der Waals surface area contributed by atoms with Crippen LogP contribution in [0.5, 0.6) is 11.5 Å². The van der Waals surface area contributed by atoms with Gasteiger partial charge < -0.3 is 9.47 Å². The van der Waals surface area contributed by atoms with Crippen molar-refractivity contribution in [2.24, 2.45) is 0 Å². The molecule has 82 valence electrons. The molecule has 0 atom stereocenters. The molecule has 0 radical (unpaired) electrons. The van der Waals surface area contributed by atoms with Gasteiger partial charge >= 0.3 is 37.7 Å². The average molecular weight is 260 g/mol. The van der Waals surface area contributed by atoms with Gasteiger partial charge in [0.05, 0.1) is 19.1 Å². The van der Waals surface area contributed by atoms with Crippen molar-refractivity contribution in [3.63, 3.8) is 0 Å². The van der Waals surface area contributed by atoms with Crippen LogP contribution >= 0.6 is 0 Å². The van der Waals surface area contributed by atoms with Crippen molar-refractivity contribution >= 4 is 47.9 Å². The SMILES string of the molecule is COc1ccc(S(=O)(=O)O)cc1OC.[CaH2]. The molecule has 0 amide bonds. The molecule has 0 unspecified atom stereocenters. The Kier molecular flexibility index (Phi) is 5.90. The van der Waals surface area contributed by atoms with Gasteiger partial charge in [0.15, 0.2) is 11.5 Å². The van der Waals surface area contributed by atoms with Crippen molar-refractivity contribution in [3.05, 3.63) is 18.2 Å². The summed E-state index contributed by atoms with van der Waals surface area (Å²) in [5.74, 6) is 0.655. The summed E-state index contributed by atoms with van der Waals surface area (Å²) >= 11 is 0. The molecule has 5 nitrogen and oxygen atoms in total. The van der Waals surface area contributed by atoms with Gasteiger partial charge in [-0.3, -0.25) is 4.55 Å². The fourth-order valence-electron chi connectivity index (χ4n) is 0.977. The molecule has 0 aliphatic heterocycles. The van der Waals surface area contributed by atoms with Crippen molar-refractivity contribution in [2.45, 2.75) is 4.90 Å². The zero-order valence-electron chi connectivity index (χ0n) is 7.72. The van der Waals surface area contributed by atoms with Gasteiger partial charge in [0, 0.05) is 6.07 Å². The fraction of sp³-hybridized carbons (Fsp3) is 0.250. The van der Waals surface area contributed by atoms with E-state index in [0.717, 1.165) is 0 Å². The van der Waals surface area contributed by atoms with Gasteiger partial charge in [0.1, 0.15) is 0 Å². The number of hydrogen-bond donors (Lipinski definition) is 1. The Hall–Kier alpha value is -0.0103. The molecule has 0 heterocycles. The molecule has 0 aliphatic carbocycles. The van der Waals surface area contributed by atoms with Gasteiger partial charge in [-0.1, -0.05) is 0 Å². The van der Waals surface area contributed by atoms with Gasteiger partial charge in [-0.15, -0.1) is 0 Å². The Balaban J connectivity index is 0.00000196. The molecule has 0 saturated heterocycles. The zero-order chi connectivity index (χ0) is 10.8. The van der Waals surface area contributed by atoms with Gasteiger partial charge in [-0.25, -0.2) is 0 Å². The van der Waals surface area contributed by atoms with Crippen LogP contribution in [0, 0.1) is 0 Å². The van der Waals surface area contributed by atoms with Crippen LogP contribution in [0.2, 0.25) is 0 Å². The summed E-state index contributed by atoms with van der Waals surface area (Å²) in [5, 5.41) is 0. The van der Waals surface area contributed by atoms with Crippen LogP contribution in [0.4, 0.5) is 0 Å². The summed E-state index contributed by atoms with van der Waals surface area (Å²) in [7, 11) is -1.38. The van der Waals surface area contributed by atoms with Crippen LogP contribution in [0.15, 0.2) is 23.1 Å². The van der Waals surface area contributed by atoms with Crippen molar-refractivity contribution in [3.8, 4) is 11.5 Å².